The van der Waals surface area contributed by atoms with Crippen LogP contribution in [0.1, 0.15) is 29.6 Å². The Labute approximate surface area is 135 Å². The molecular formula is C17H20N4O2. The topological polar surface area (TPSA) is 67.2 Å². The normalized spacial score (nSPS) is 14.3. The van der Waals surface area contributed by atoms with Crippen molar-refractivity contribution >= 4 is 11.8 Å². The molecule has 0 radical (unpaired) electrons. The summed E-state index contributed by atoms with van der Waals surface area (Å²) in [5, 5.41) is 7.06. The number of nitrogens with zero attached hydrogens (tertiary/aromatic N) is 3. The van der Waals surface area contributed by atoms with Crippen molar-refractivity contribution in [3.05, 3.63) is 48.3 Å². The van der Waals surface area contributed by atoms with Gasteiger partial charge in [-0.05, 0) is 37.1 Å². The highest BCUT2D eigenvalue weighted by Crippen LogP contribution is 2.10. The van der Waals surface area contributed by atoms with E-state index in [0.29, 0.717) is 25.1 Å². The van der Waals surface area contributed by atoms with E-state index >= 15 is 0 Å². The number of aromatic nitrogens is 2. The van der Waals surface area contributed by atoms with Crippen molar-refractivity contribution in [1.82, 2.24) is 20.0 Å². The molecule has 1 aliphatic heterocycles. The Bertz CT molecular complexity index is 682. The van der Waals surface area contributed by atoms with Crippen LogP contribution in [-0.4, -0.2) is 46.1 Å². The van der Waals surface area contributed by atoms with E-state index in [1.165, 1.54) is 0 Å². The Morgan fingerprint density at radius 1 is 1.30 bits per heavy atom. The number of benzene rings is 1. The molecule has 6 heteroatoms. The zero-order chi connectivity index (χ0) is 16.1. The number of amides is 2. The third-order valence-corrected chi connectivity index (χ3v) is 3.94. The van der Waals surface area contributed by atoms with E-state index in [4.69, 9.17) is 0 Å². The number of hydrogen-bond donors (Lipinski definition) is 1. The highest BCUT2D eigenvalue weighted by molar-refractivity contribution is 5.94. The van der Waals surface area contributed by atoms with Crippen LogP contribution in [0.15, 0.2) is 42.7 Å². The Hall–Kier alpha value is -2.63. The van der Waals surface area contributed by atoms with E-state index in [2.05, 4.69) is 10.4 Å². The first-order chi connectivity index (χ1) is 11.2. The lowest BCUT2D eigenvalue weighted by atomic mass is 10.2. The maximum atomic E-state index is 12.2. The van der Waals surface area contributed by atoms with Crippen LogP contribution in [0.2, 0.25) is 0 Å². The van der Waals surface area contributed by atoms with Gasteiger partial charge in [-0.1, -0.05) is 6.07 Å². The van der Waals surface area contributed by atoms with Gasteiger partial charge in [-0.3, -0.25) is 9.59 Å². The predicted octanol–water partition coefficient (Wildman–Crippen LogP) is 1.61. The molecule has 1 fully saturated rings. The number of carbonyl (C=O) groups excluding carboxylic acids is 2. The molecule has 1 aliphatic rings. The van der Waals surface area contributed by atoms with Crippen molar-refractivity contribution < 1.29 is 9.59 Å². The molecule has 2 aromatic rings. The summed E-state index contributed by atoms with van der Waals surface area (Å²) in [6.45, 7) is 2.12. The smallest absolute Gasteiger partial charge is 0.251 e. The zero-order valence-corrected chi connectivity index (χ0v) is 12.9. The fraction of sp³-hybridized carbons (Fsp3) is 0.353. The SMILES string of the molecule is O=C(NCCCN1CCCC1=O)c1cccc(-n2cccn2)c1. The lowest BCUT2D eigenvalue weighted by molar-refractivity contribution is -0.127. The van der Waals surface area contributed by atoms with Crippen molar-refractivity contribution in [2.45, 2.75) is 19.3 Å². The molecule has 0 unspecified atom stereocenters. The van der Waals surface area contributed by atoms with Crippen LogP contribution in [0.4, 0.5) is 0 Å². The molecule has 0 aliphatic carbocycles. The van der Waals surface area contributed by atoms with E-state index in [1.54, 1.807) is 16.9 Å². The summed E-state index contributed by atoms with van der Waals surface area (Å²) in [5.41, 5.74) is 1.46. The second-order valence-electron chi connectivity index (χ2n) is 5.59. The van der Waals surface area contributed by atoms with Crippen molar-refractivity contribution in [3.8, 4) is 5.69 Å². The second-order valence-corrected chi connectivity index (χ2v) is 5.59. The first-order valence-electron chi connectivity index (χ1n) is 7.90. The number of carbonyl (C=O) groups is 2. The maximum Gasteiger partial charge on any atom is 0.251 e. The predicted molar refractivity (Wildman–Crippen MR) is 86.3 cm³/mol. The summed E-state index contributed by atoms with van der Waals surface area (Å²) in [7, 11) is 0. The minimum atomic E-state index is -0.105. The van der Waals surface area contributed by atoms with Gasteiger partial charge >= 0.3 is 0 Å². The van der Waals surface area contributed by atoms with Crippen molar-refractivity contribution in [2.24, 2.45) is 0 Å². The molecule has 1 aromatic heterocycles. The quantitative estimate of drug-likeness (QED) is 0.824. The van der Waals surface area contributed by atoms with Gasteiger partial charge in [-0.15, -0.1) is 0 Å². The minimum Gasteiger partial charge on any atom is -0.352 e. The summed E-state index contributed by atoms with van der Waals surface area (Å²) in [6, 6.07) is 9.18. The molecule has 23 heavy (non-hydrogen) atoms. The van der Waals surface area contributed by atoms with Gasteiger partial charge in [0.15, 0.2) is 0 Å². The highest BCUT2D eigenvalue weighted by Gasteiger charge is 2.19. The van der Waals surface area contributed by atoms with Gasteiger partial charge in [-0.2, -0.15) is 5.10 Å². The monoisotopic (exact) mass is 312 g/mol. The first kappa shape index (κ1) is 15.3. The van der Waals surface area contributed by atoms with Gasteiger partial charge in [0, 0.05) is 44.0 Å². The molecule has 0 saturated carbocycles. The van der Waals surface area contributed by atoms with Crippen LogP contribution in [0, 0.1) is 0 Å². The minimum absolute atomic E-state index is 0.105. The van der Waals surface area contributed by atoms with Crippen LogP contribution >= 0.6 is 0 Å². The third kappa shape index (κ3) is 3.77. The Morgan fingerprint density at radius 2 is 2.22 bits per heavy atom. The van der Waals surface area contributed by atoms with Crippen LogP contribution in [-0.2, 0) is 4.79 Å². The molecule has 120 valence electrons. The molecule has 3 rings (SSSR count). The van der Waals surface area contributed by atoms with Gasteiger partial charge < -0.3 is 10.2 Å². The first-order valence-corrected chi connectivity index (χ1v) is 7.90. The van der Waals surface area contributed by atoms with E-state index in [9.17, 15) is 9.59 Å². The summed E-state index contributed by atoms with van der Waals surface area (Å²) < 4.78 is 1.72. The maximum absolute atomic E-state index is 12.2. The number of likely N-dealkylation sites (tertiary alicyclic amines) is 1. The van der Waals surface area contributed by atoms with E-state index < -0.39 is 0 Å². The van der Waals surface area contributed by atoms with Gasteiger partial charge in [0.1, 0.15) is 0 Å². The van der Waals surface area contributed by atoms with Crippen LogP contribution in [0.5, 0.6) is 0 Å². The van der Waals surface area contributed by atoms with E-state index in [1.807, 2.05) is 35.4 Å². The molecule has 1 N–H and O–H groups in total. The number of nitrogens with one attached hydrogen (secondary N) is 1. The molecule has 1 aromatic carbocycles. The Morgan fingerprint density at radius 3 is 2.96 bits per heavy atom. The average Bonchev–Trinajstić information content (AvgIpc) is 3.23. The third-order valence-electron chi connectivity index (χ3n) is 3.94. The van der Waals surface area contributed by atoms with Crippen molar-refractivity contribution in [2.75, 3.05) is 19.6 Å². The van der Waals surface area contributed by atoms with Crippen LogP contribution < -0.4 is 5.32 Å². The van der Waals surface area contributed by atoms with Gasteiger partial charge in [0.05, 0.1) is 5.69 Å². The lowest BCUT2D eigenvalue weighted by Crippen LogP contribution is -2.30. The van der Waals surface area contributed by atoms with E-state index in [-0.39, 0.29) is 11.8 Å². The van der Waals surface area contributed by atoms with Crippen LogP contribution in [0.25, 0.3) is 5.69 Å². The highest BCUT2D eigenvalue weighted by atomic mass is 16.2. The fourth-order valence-electron chi connectivity index (χ4n) is 2.73. The molecule has 2 amide bonds. The molecule has 0 bridgehead atoms. The molecular weight excluding hydrogens is 292 g/mol. The number of rotatable bonds is 6. The van der Waals surface area contributed by atoms with Gasteiger partial charge in [0.2, 0.25) is 5.91 Å². The van der Waals surface area contributed by atoms with Crippen molar-refractivity contribution in [1.29, 1.82) is 0 Å². The second kappa shape index (κ2) is 7.09. The fourth-order valence-corrected chi connectivity index (χ4v) is 2.73. The molecule has 0 atom stereocenters. The summed E-state index contributed by atoms with van der Waals surface area (Å²) in [4.78, 5) is 25.6. The average molecular weight is 312 g/mol. The lowest BCUT2D eigenvalue weighted by Gasteiger charge is -2.15. The van der Waals surface area contributed by atoms with Gasteiger partial charge in [0.25, 0.3) is 5.91 Å². The molecule has 2 heterocycles. The standard InChI is InChI=1S/C17H20N4O2/c22-16-7-2-10-20(16)11-3-8-18-17(23)14-5-1-6-15(13-14)21-12-4-9-19-21/h1,4-6,9,12-13H,2-3,7-8,10-11H2,(H,18,23). The number of hydrogen-bond acceptors (Lipinski definition) is 3. The Kier molecular flexibility index (Phi) is 4.71. The van der Waals surface area contributed by atoms with E-state index in [0.717, 1.165) is 25.1 Å². The van der Waals surface area contributed by atoms with Crippen LogP contribution in [0.3, 0.4) is 0 Å². The largest absolute Gasteiger partial charge is 0.352 e. The summed E-state index contributed by atoms with van der Waals surface area (Å²) >= 11 is 0. The Balaban J connectivity index is 1.50. The molecule has 6 nitrogen and oxygen atoms in total. The summed E-state index contributed by atoms with van der Waals surface area (Å²) in [6.07, 6.45) is 5.92. The van der Waals surface area contributed by atoms with Gasteiger partial charge in [-0.25, -0.2) is 4.68 Å². The van der Waals surface area contributed by atoms with Crippen molar-refractivity contribution in [3.63, 3.8) is 0 Å². The molecule has 1 saturated heterocycles. The zero-order valence-electron chi connectivity index (χ0n) is 12.9. The molecule has 0 spiro atoms. The summed E-state index contributed by atoms with van der Waals surface area (Å²) in [5.74, 6) is 0.120.